The van der Waals surface area contributed by atoms with Crippen molar-refractivity contribution in [3.05, 3.63) is 35.4 Å². The van der Waals surface area contributed by atoms with Gasteiger partial charge in [-0.05, 0) is 38.8 Å². The van der Waals surface area contributed by atoms with Crippen LogP contribution >= 0.6 is 0 Å². The lowest BCUT2D eigenvalue weighted by molar-refractivity contribution is -0.119. The van der Waals surface area contributed by atoms with Crippen molar-refractivity contribution >= 4 is 11.9 Å². The van der Waals surface area contributed by atoms with Gasteiger partial charge in [-0.25, -0.2) is 4.79 Å². The number of hydrogen-bond acceptors (Lipinski definition) is 5. The number of hydrogen-bond donors (Lipinski definition) is 3. The molecule has 1 rings (SSSR count). The number of aliphatic hydroxyl groups is 2. The summed E-state index contributed by atoms with van der Waals surface area (Å²) in [4.78, 5) is 23.1. The lowest BCUT2D eigenvalue weighted by Crippen LogP contribution is -2.29. The molecule has 0 spiro atoms. The van der Waals surface area contributed by atoms with Crippen LogP contribution in [0.1, 0.15) is 56.1 Å². The third kappa shape index (κ3) is 6.38. The van der Waals surface area contributed by atoms with E-state index in [2.05, 4.69) is 5.32 Å². The molecule has 0 aliphatic carbocycles. The number of esters is 1. The van der Waals surface area contributed by atoms with Crippen molar-refractivity contribution < 1.29 is 24.5 Å². The molecule has 1 amide bonds. The molecule has 6 nitrogen and oxygen atoms in total. The Bertz CT molecular complexity index is 550. The number of carbonyl (C=O) groups is 2. The van der Waals surface area contributed by atoms with Crippen LogP contribution in [0.3, 0.4) is 0 Å². The molecule has 0 aliphatic rings. The number of benzene rings is 1. The van der Waals surface area contributed by atoms with Gasteiger partial charge in [-0.15, -0.1) is 0 Å². The molecule has 1 aromatic carbocycles. The maximum Gasteiger partial charge on any atom is 0.339 e. The first kappa shape index (κ1) is 19.1. The highest BCUT2D eigenvalue weighted by atomic mass is 16.6. The lowest BCUT2D eigenvalue weighted by atomic mass is 9.97. The van der Waals surface area contributed by atoms with Crippen molar-refractivity contribution in [2.75, 3.05) is 6.54 Å². The first-order valence-electron chi connectivity index (χ1n) is 7.54. The molecule has 3 N–H and O–H groups in total. The van der Waals surface area contributed by atoms with E-state index in [1.165, 1.54) is 6.92 Å². The van der Waals surface area contributed by atoms with Crippen molar-refractivity contribution in [2.45, 2.75) is 51.9 Å². The second-order valence-electron chi connectivity index (χ2n) is 6.37. The third-order valence-electron chi connectivity index (χ3n) is 3.08. The van der Waals surface area contributed by atoms with Gasteiger partial charge in [0, 0.05) is 13.5 Å². The van der Waals surface area contributed by atoms with E-state index in [4.69, 9.17) is 4.74 Å². The van der Waals surface area contributed by atoms with Crippen molar-refractivity contribution in [3.63, 3.8) is 0 Å². The maximum absolute atomic E-state index is 12.2. The van der Waals surface area contributed by atoms with Gasteiger partial charge in [-0.2, -0.15) is 0 Å². The summed E-state index contributed by atoms with van der Waals surface area (Å²) in [7, 11) is 0. The quantitative estimate of drug-likeness (QED) is 0.691. The molecular weight excluding hydrogens is 298 g/mol. The van der Waals surface area contributed by atoms with E-state index in [1.807, 2.05) is 0 Å². The van der Waals surface area contributed by atoms with Gasteiger partial charge in [-0.3, -0.25) is 4.79 Å². The molecule has 0 heterocycles. The number of amides is 1. The lowest BCUT2D eigenvalue weighted by Gasteiger charge is -2.23. The average Bonchev–Trinajstić information content (AvgIpc) is 2.44. The monoisotopic (exact) mass is 323 g/mol. The first-order valence-corrected chi connectivity index (χ1v) is 7.54. The summed E-state index contributed by atoms with van der Waals surface area (Å²) in [5.41, 5.74) is -0.135. The maximum atomic E-state index is 12.2. The van der Waals surface area contributed by atoms with Crippen LogP contribution in [-0.4, -0.2) is 40.3 Å². The van der Waals surface area contributed by atoms with Crippen molar-refractivity contribution in [3.8, 4) is 0 Å². The van der Waals surface area contributed by atoms with Crippen LogP contribution in [0.15, 0.2) is 24.3 Å². The van der Waals surface area contributed by atoms with Crippen LogP contribution in [0.25, 0.3) is 0 Å². The Morgan fingerprint density at radius 1 is 1.22 bits per heavy atom. The van der Waals surface area contributed by atoms with Crippen molar-refractivity contribution in [1.29, 1.82) is 0 Å². The minimum atomic E-state index is -1.24. The van der Waals surface area contributed by atoms with E-state index in [0.717, 1.165) is 0 Å². The van der Waals surface area contributed by atoms with E-state index in [1.54, 1.807) is 45.0 Å². The molecule has 0 aliphatic heterocycles. The Kier molecular flexibility index (Phi) is 6.72. The first-order chi connectivity index (χ1) is 10.6. The van der Waals surface area contributed by atoms with Crippen LogP contribution < -0.4 is 5.32 Å². The van der Waals surface area contributed by atoms with E-state index in [-0.39, 0.29) is 24.4 Å². The number of rotatable bonds is 6. The summed E-state index contributed by atoms with van der Waals surface area (Å²) in [6.45, 7) is 6.88. The van der Waals surface area contributed by atoms with Gasteiger partial charge >= 0.3 is 5.97 Å². The summed E-state index contributed by atoms with van der Waals surface area (Å²) in [5, 5.41) is 22.9. The fraction of sp³-hybridized carbons (Fsp3) is 0.529. The molecule has 23 heavy (non-hydrogen) atoms. The van der Waals surface area contributed by atoms with Crippen LogP contribution in [-0.2, 0) is 9.53 Å². The van der Waals surface area contributed by atoms with Crippen molar-refractivity contribution in [2.24, 2.45) is 0 Å². The second-order valence-corrected chi connectivity index (χ2v) is 6.37. The smallest absolute Gasteiger partial charge is 0.339 e. The van der Waals surface area contributed by atoms with Gasteiger partial charge < -0.3 is 20.3 Å². The second kappa shape index (κ2) is 8.08. The molecule has 1 aromatic rings. The van der Waals surface area contributed by atoms with E-state index >= 15 is 0 Å². The largest absolute Gasteiger partial charge is 0.456 e. The highest BCUT2D eigenvalue weighted by Gasteiger charge is 2.26. The Morgan fingerprint density at radius 3 is 2.39 bits per heavy atom. The summed E-state index contributed by atoms with van der Waals surface area (Å²) in [6.07, 6.45) is -2.18. The van der Waals surface area contributed by atoms with Gasteiger partial charge in [0.05, 0.1) is 11.7 Å². The van der Waals surface area contributed by atoms with Gasteiger partial charge in [0.25, 0.3) is 0 Å². The molecular formula is C17H25NO5. The molecule has 0 aromatic heterocycles. The predicted molar refractivity (Wildman–Crippen MR) is 85.9 cm³/mol. The minimum absolute atomic E-state index is 0.170. The molecule has 0 saturated heterocycles. The highest BCUT2D eigenvalue weighted by molar-refractivity contribution is 5.91. The Hall–Kier alpha value is -1.92. The van der Waals surface area contributed by atoms with Crippen LogP contribution in [0.4, 0.5) is 0 Å². The third-order valence-corrected chi connectivity index (χ3v) is 3.08. The molecule has 0 bridgehead atoms. The fourth-order valence-corrected chi connectivity index (χ4v) is 2.04. The fourth-order valence-electron chi connectivity index (χ4n) is 2.04. The molecule has 0 fully saturated rings. The minimum Gasteiger partial charge on any atom is -0.456 e. The summed E-state index contributed by atoms with van der Waals surface area (Å²) in [6, 6.07) is 6.46. The zero-order chi connectivity index (χ0) is 17.6. The van der Waals surface area contributed by atoms with E-state index in [9.17, 15) is 19.8 Å². The number of ether oxygens (including phenoxy) is 1. The van der Waals surface area contributed by atoms with Crippen LogP contribution in [0.5, 0.6) is 0 Å². The van der Waals surface area contributed by atoms with E-state index < -0.39 is 23.8 Å². The molecule has 2 unspecified atom stereocenters. The molecule has 0 radical (unpaired) electrons. The molecule has 6 heteroatoms. The zero-order valence-corrected chi connectivity index (χ0v) is 14.0. The Morgan fingerprint density at radius 2 is 1.83 bits per heavy atom. The zero-order valence-electron chi connectivity index (χ0n) is 14.0. The van der Waals surface area contributed by atoms with Gasteiger partial charge in [0.15, 0.2) is 0 Å². The normalized spacial score (nSPS) is 14.0. The van der Waals surface area contributed by atoms with Gasteiger partial charge in [0.2, 0.25) is 5.91 Å². The average molecular weight is 323 g/mol. The van der Waals surface area contributed by atoms with Crippen LogP contribution in [0.2, 0.25) is 0 Å². The van der Waals surface area contributed by atoms with Crippen molar-refractivity contribution in [1.82, 2.24) is 5.32 Å². The summed E-state index contributed by atoms with van der Waals surface area (Å²) >= 11 is 0. The molecule has 128 valence electrons. The molecule has 2 atom stereocenters. The SMILES string of the molecule is CC(=O)NCCC(O)C(O)c1ccccc1C(=O)OC(C)(C)C. The van der Waals surface area contributed by atoms with Crippen LogP contribution in [0, 0.1) is 0 Å². The highest BCUT2D eigenvalue weighted by Crippen LogP contribution is 2.24. The summed E-state index contributed by atoms with van der Waals surface area (Å²) < 4.78 is 5.32. The van der Waals surface area contributed by atoms with E-state index in [0.29, 0.717) is 5.56 Å². The molecule has 0 saturated carbocycles. The van der Waals surface area contributed by atoms with Gasteiger partial charge in [-0.1, -0.05) is 18.2 Å². The summed E-state index contributed by atoms with van der Waals surface area (Å²) in [5.74, 6) is -0.762. The Balaban J connectivity index is 2.86. The van der Waals surface area contributed by atoms with Gasteiger partial charge in [0.1, 0.15) is 11.7 Å². The Labute approximate surface area is 136 Å². The number of nitrogens with one attached hydrogen (secondary N) is 1. The number of aliphatic hydroxyl groups excluding tert-OH is 2. The number of carbonyl (C=O) groups excluding carboxylic acids is 2. The standard InChI is InChI=1S/C17H25NO5/c1-11(19)18-10-9-14(20)15(21)12-7-5-6-8-13(12)16(22)23-17(2,3)4/h5-8,14-15,20-21H,9-10H2,1-4H3,(H,18,19). The predicted octanol–water partition coefficient (Wildman–Crippen LogP) is 1.56. The topological polar surface area (TPSA) is 95.9 Å².